The van der Waals surface area contributed by atoms with Gasteiger partial charge in [-0.2, -0.15) is 0 Å². The third-order valence-corrected chi connectivity index (χ3v) is 1.48. The van der Waals surface area contributed by atoms with Gasteiger partial charge in [0.1, 0.15) is 0 Å². The van der Waals surface area contributed by atoms with Gasteiger partial charge in [-0.3, -0.25) is 4.79 Å². The highest BCUT2D eigenvalue weighted by Gasteiger charge is 2.15. The topological polar surface area (TPSA) is 46.3 Å². The Morgan fingerprint density at radius 2 is 2.56 bits per heavy atom. The first kappa shape index (κ1) is 6.29. The lowest BCUT2D eigenvalue weighted by Gasteiger charge is -2.25. The summed E-state index contributed by atoms with van der Waals surface area (Å²) >= 11 is 0. The van der Waals surface area contributed by atoms with E-state index in [4.69, 9.17) is 5.73 Å². The molecule has 1 heterocycles. The number of hydrogen-bond acceptors (Lipinski definition) is 2. The number of amides is 1. The van der Waals surface area contributed by atoms with Crippen LogP contribution in [0.4, 0.5) is 0 Å². The monoisotopic (exact) mass is 126 g/mol. The fourth-order valence-corrected chi connectivity index (χ4v) is 0.747. The molecule has 50 valence electrons. The summed E-state index contributed by atoms with van der Waals surface area (Å²) < 4.78 is 0. The first-order chi connectivity index (χ1) is 4.22. The van der Waals surface area contributed by atoms with Gasteiger partial charge in [0.15, 0.2) is 0 Å². The van der Waals surface area contributed by atoms with E-state index >= 15 is 0 Å². The second-order valence-corrected chi connectivity index (χ2v) is 2.15. The molecule has 0 fully saturated rings. The maximum atomic E-state index is 10.8. The van der Waals surface area contributed by atoms with Gasteiger partial charge in [0.2, 0.25) is 5.91 Å². The fourth-order valence-electron chi connectivity index (χ4n) is 0.747. The molecule has 0 radical (unpaired) electrons. The Morgan fingerprint density at radius 1 is 1.89 bits per heavy atom. The molecule has 0 bridgehead atoms. The summed E-state index contributed by atoms with van der Waals surface area (Å²) in [4.78, 5) is 12.3. The summed E-state index contributed by atoms with van der Waals surface area (Å²) in [7, 11) is 1.70. The minimum Gasteiger partial charge on any atom is -0.327 e. The van der Waals surface area contributed by atoms with Crippen molar-refractivity contribution in [3.05, 3.63) is 12.2 Å². The Labute approximate surface area is 54.1 Å². The molecule has 3 nitrogen and oxygen atoms in total. The van der Waals surface area contributed by atoms with Crippen LogP contribution in [0, 0.1) is 0 Å². The average Bonchev–Trinajstić information content (AvgIpc) is 1.83. The van der Waals surface area contributed by atoms with Gasteiger partial charge in [0.05, 0.1) is 6.17 Å². The molecule has 0 saturated heterocycles. The Kier molecular flexibility index (Phi) is 1.53. The molecule has 1 aliphatic heterocycles. The molecule has 1 aliphatic rings. The van der Waals surface area contributed by atoms with Crippen molar-refractivity contribution in [2.75, 3.05) is 7.05 Å². The Balaban J connectivity index is 2.69. The van der Waals surface area contributed by atoms with E-state index in [2.05, 4.69) is 0 Å². The van der Waals surface area contributed by atoms with Crippen molar-refractivity contribution in [2.45, 2.75) is 12.6 Å². The van der Waals surface area contributed by atoms with E-state index < -0.39 is 0 Å². The first-order valence-electron chi connectivity index (χ1n) is 2.90. The second-order valence-electron chi connectivity index (χ2n) is 2.15. The van der Waals surface area contributed by atoms with Gasteiger partial charge >= 0.3 is 0 Å². The van der Waals surface area contributed by atoms with Crippen LogP contribution in [0.3, 0.4) is 0 Å². The average molecular weight is 126 g/mol. The van der Waals surface area contributed by atoms with E-state index in [1.54, 1.807) is 19.2 Å². The Hall–Kier alpha value is -0.830. The summed E-state index contributed by atoms with van der Waals surface area (Å²) in [6.45, 7) is 0. The molecule has 0 spiro atoms. The number of carbonyl (C=O) groups excluding carboxylic acids is 1. The van der Waals surface area contributed by atoms with Crippen LogP contribution in [0.5, 0.6) is 0 Å². The van der Waals surface area contributed by atoms with Crippen LogP contribution in [0.1, 0.15) is 6.42 Å². The van der Waals surface area contributed by atoms with Crippen molar-refractivity contribution in [1.29, 1.82) is 0 Å². The number of hydrogen-bond donors (Lipinski definition) is 1. The minimum absolute atomic E-state index is 0.00579. The van der Waals surface area contributed by atoms with Gasteiger partial charge in [-0.1, -0.05) is 6.08 Å². The standard InChI is InChI=1S/C6H10N2O/c1-8-5(7)3-2-4-6(8)9/h2,4-5H,3,7H2,1H3. The molecular formula is C6H10N2O. The predicted molar refractivity (Wildman–Crippen MR) is 34.5 cm³/mol. The molecule has 1 unspecified atom stereocenters. The maximum absolute atomic E-state index is 10.8. The van der Waals surface area contributed by atoms with Crippen LogP contribution in [0.15, 0.2) is 12.2 Å². The van der Waals surface area contributed by atoms with Crippen molar-refractivity contribution in [3.8, 4) is 0 Å². The van der Waals surface area contributed by atoms with Crippen LogP contribution in [0.25, 0.3) is 0 Å². The van der Waals surface area contributed by atoms with Crippen LogP contribution in [0.2, 0.25) is 0 Å². The zero-order valence-corrected chi connectivity index (χ0v) is 5.37. The number of likely N-dealkylation sites (N-methyl/N-ethyl adjacent to an activating group) is 1. The largest absolute Gasteiger partial charge is 0.327 e. The van der Waals surface area contributed by atoms with Crippen LogP contribution < -0.4 is 5.73 Å². The highest BCUT2D eigenvalue weighted by molar-refractivity contribution is 5.88. The van der Waals surface area contributed by atoms with E-state index in [0.29, 0.717) is 0 Å². The smallest absolute Gasteiger partial charge is 0.247 e. The van der Waals surface area contributed by atoms with Gasteiger partial charge in [-0.15, -0.1) is 0 Å². The third kappa shape index (κ3) is 1.10. The molecule has 9 heavy (non-hydrogen) atoms. The zero-order valence-electron chi connectivity index (χ0n) is 5.37. The summed E-state index contributed by atoms with van der Waals surface area (Å²) in [5, 5.41) is 0. The molecule has 2 N–H and O–H groups in total. The van der Waals surface area contributed by atoms with E-state index in [9.17, 15) is 4.79 Å². The van der Waals surface area contributed by atoms with Crippen LogP contribution >= 0.6 is 0 Å². The molecule has 3 heteroatoms. The van der Waals surface area contributed by atoms with Gasteiger partial charge in [0.25, 0.3) is 0 Å². The molecule has 1 atom stereocenters. The third-order valence-electron chi connectivity index (χ3n) is 1.48. The fraction of sp³-hybridized carbons (Fsp3) is 0.500. The Bertz CT molecular complexity index is 153. The summed E-state index contributed by atoms with van der Waals surface area (Å²) in [6.07, 6.45) is 3.99. The van der Waals surface area contributed by atoms with Crippen LogP contribution in [-0.4, -0.2) is 24.0 Å². The summed E-state index contributed by atoms with van der Waals surface area (Å²) in [5.41, 5.74) is 5.52. The predicted octanol–water partition coefficient (Wildman–Crippen LogP) is -0.310. The number of carbonyl (C=O) groups is 1. The summed E-state index contributed by atoms with van der Waals surface area (Å²) in [5.74, 6) is -0.00579. The van der Waals surface area contributed by atoms with Gasteiger partial charge in [-0.25, -0.2) is 0 Å². The molecule has 0 aliphatic carbocycles. The normalized spacial score (nSPS) is 27.1. The lowest BCUT2D eigenvalue weighted by atomic mass is 10.2. The van der Waals surface area contributed by atoms with E-state index in [1.807, 2.05) is 0 Å². The van der Waals surface area contributed by atoms with Crippen LogP contribution in [-0.2, 0) is 4.79 Å². The first-order valence-corrected chi connectivity index (χ1v) is 2.90. The van der Waals surface area contributed by atoms with E-state index in [-0.39, 0.29) is 12.1 Å². The highest BCUT2D eigenvalue weighted by atomic mass is 16.2. The maximum Gasteiger partial charge on any atom is 0.247 e. The van der Waals surface area contributed by atoms with Crippen molar-refractivity contribution >= 4 is 5.91 Å². The Morgan fingerprint density at radius 3 is 3.00 bits per heavy atom. The lowest BCUT2D eigenvalue weighted by molar-refractivity contribution is -0.127. The van der Waals surface area contributed by atoms with Crippen molar-refractivity contribution in [3.63, 3.8) is 0 Å². The zero-order chi connectivity index (χ0) is 6.85. The molecule has 0 aromatic heterocycles. The molecular weight excluding hydrogens is 116 g/mol. The van der Waals surface area contributed by atoms with E-state index in [1.165, 1.54) is 4.90 Å². The lowest BCUT2D eigenvalue weighted by Crippen LogP contribution is -2.43. The van der Waals surface area contributed by atoms with Crippen molar-refractivity contribution in [2.24, 2.45) is 5.73 Å². The molecule has 0 saturated carbocycles. The van der Waals surface area contributed by atoms with Crippen molar-refractivity contribution < 1.29 is 4.79 Å². The molecule has 0 aromatic carbocycles. The van der Waals surface area contributed by atoms with Gasteiger partial charge < -0.3 is 10.6 Å². The molecule has 1 rings (SSSR count). The van der Waals surface area contributed by atoms with Gasteiger partial charge in [0, 0.05) is 7.05 Å². The highest BCUT2D eigenvalue weighted by Crippen LogP contribution is 2.03. The molecule has 0 aromatic rings. The number of nitrogens with zero attached hydrogens (tertiary/aromatic N) is 1. The SMILES string of the molecule is CN1C(=O)C=CCC1N. The van der Waals surface area contributed by atoms with Gasteiger partial charge in [-0.05, 0) is 12.5 Å². The number of rotatable bonds is 0. The van der Waals surface area contributed by atoms with E-state index in [0.717, 1.165) is 6.42 Å². The summed E-state index contributed by atoms with van der Waals surface area (Å²) in [6, 6.07) is 0. The minimum atomic E-state index is -0.123. The number of nitrogens with two attached hydrogens (primary N) is 1. The quantitative estimate of drug-likeness (QED) is 0.484. The van der Waals surface area contributed by atoms with Crippen molar-refractivity contribution in [1.82, 2.24) is 4.90 Å². The molecule has 1 amide bonds. The second kappa shape index (κ2) is 2.19.